The van der Waals surface area contributed by atoms with E-state index in [0.717, 1.165) is 19.5 Å². The van der Waals surface area contributed by atoms with Crippen LogP contribution in [0.15, 0.2) is 73.8 Å². The molecule has 0 aromatic heterocycles. The molecule has 0 radical (unpaired) electrons. The minimum absolute atomic E-state index is 0.328. The Hall–Kier alpha value is -2.19. The summed E-state index contributed by atoms with van der Waals surface area (Å²) >= 11 is 0. The number of ketones is 1. The first-order valence-corrected chi connectivity index (χ1v) is 8.15. The molecule has 0 unspecified atom stereocenters. The zero-order valence-corrected chi connectivity index (χ0v) is 13.7. The molecule has 1 aliphatic rings. The molecule has 2 nitrogen and oxygen atoms in total. The highest BCUT2D eigenvalue weighted by Crippen LogP contribution is 2.21. The maximum atomic E-state index is 11.8. The summed E-state index contributed by atoms with van der Waals surface area (Å²) in [6, 6.07) is 21.3. The van der Waals surface area contributed by atoms with E-state index in [-0.39, 0.29) is 0 Å². The number of piperidine rings is 1. The van der Waals surface area contributed by atoms with E-state index in [2.05, 4.69) is 66.6 Å². The van der Waals surface area contributed by atoms with Gasteiger partial charge in [0.1, 0.15) is 5.78 Å². The van der Waals surface area contributed by atoms with Crippen LogP contribution in [0.3, 0.4) is 0 Å². The van der Waals surface area contributed by atoms with Crippen LogP contribution in [0.2, 0.25) is 0 Å². The van der Waals surface area contributed by atoms with Crippen molar-refractivity contribution in [1.29, 1.82) is 0 Å². The van der Waals surface area contributed by atoms with Crippen LogP contribution in [0, 0.1) is 0 Å². The van der Waals surface area contributed by atoms with Crippen molar-refractivity contribution in [2.45, 2.75) is 31.8 Å². The fourth-order valence-electron chi connectivity index (χ4n) is 3.06. The third-order valence-electron chi connectivity index (χ3n) is 4.20. The van der Waals surface area contributed by atoms with Gasteiger partial charge in [-0.1, -0.05) is 60.7 Å². The maximum absolute atomic E-state index is 11.8. The van der Waals surface area contributed by atoms with Crippen LogP contribution < -0.4 is 0 Å². The molecule has 2 aromatic carbocycles. The van der Waals surface area contributed by atoms with Crippen molar-refractivity contribution in [2.75, 3.05) is 6.54 Å². The molecule has 0 aliphatic carbocycles. The summed E-state index contributed by atoms with van der Waals surface area (Å²) in [6.07, 6.45) is 2.33. The van der Waals surface area contributed by atoms with Gasteiger partial charge in [-0.3, -0.25) is 9.69 Å². The molecule has 23 heavy (non-hydrogen) atoms. The Labute approximate surface area is 139 Å². The first kappa shape index (κ1) is 17.2. The minimum atomic E-state index is 0.328. The predicted molar refractivity (Wildman–Crippen MR) is 96.3 cm³/mol. The van der Waals surface area contributed by atoms with Gasteiger partial charge in [0.2, 0.25) is 0 Å². The highest BCUT2D eigenvalue weighted by molar-refractivity contribution is 5.80. The topological polar surface area (TPSA) is 20.3 Å². The molecule has 0 amide bonds. The van der Waals surface area contributed by atoms with Crippen molar-refractivity contribution in [1.82, 2.24) is 4.90 Å². The van der Waals surface area contributed by atoms with Gasteiger partial charge in [-0.25, -0.2) is 0 Å². The summed E-state index contributed by atoms with van der Waals surface area (Å²) < 4.78 is 0. The van der Waals surface area contributed by atoms with E-state index in [9.17, 15) is 4.79 Å². The zero-order chi connectivity index (χ0) is 16.5. The number of carbonyl (C=O) groups excluding carboxylic acids is 1. The SMILES string of the molecule is C=C.O=C1CCN(Cc2ccccc2)[C@H](Cc2ccccc2)C1. The average Bonchev–Trinajstić information content (AvgIpc) is 2.61. The quantitative estimate of drug-likeness (QED) is 0.786. The molecule has 120 valence electrons. The van der Waals surface area contributed by atoms with E-state index in [1.807, 2.05) is 12.1 Å². The highest BCUT2D eigenvalue weighted by atomic mass is 16.1. The summed E-state index contributed by atoms with van der Waals surface area (Å²) in [5, 5.41) is 0. The monoisotopic (exact) mass is 307 g/mol. The molecule has 0 N–H and O–H groups in total. The minimum Gasteiger partial charge on any atom is -0.300 e. The molecular weight excluding hydrogens is 282 g/mol. The molecule has 1 heterocycles. The van der Waals surface area contributed by atoms with Gasteiger partial charge in [-0.2, -0.15) is 0 Å². The van der Waals surface area contributed by atoms with E-state index in [1.54, 1.807) is 0 Å². The van der Waals surface area contributed by atoms with Gasteiger partial charge in [-0.15, -0.1) is 13.2 Å². The Bertz CT molecular complexity index is 594. The van der Waals surface area contributed by atoms with Gasteiger partial charge in [0.25, 0.3) is 0 Å². The Morgan fingerprint density at radius 3 is 2.09 bits per heavy atom. The Kier molecular flexibility index (Phi) is 6.76. The number of likely N-dealkylation sites (tertiary alicyclic amines) is 1. The first-order valence-electron chi connectivity index (χ1n) is 8.15. The molecule has 2 aromatic rings. The Morgan fingerprint density at radius 1 is 0.913 bits per heavy atom. The number of rotatable bonds is 4. The van der Waals surface area contributed by atoms with Gasteiger partial charge in [0.15, 0.2) is 0 Å². The number of hydrogen-bond acceptors (Lipinski definition) is 2. The molecule has 1 atom stereocenters. The van der Waals surface area contributed by atoms with Crippen molar-refractivity contribution >= 4 is 5.78 Å². The molecule has 1 saturated heterocycles. The van der Waals surface area contributed by atoms with Gasteiger partial charge in [0.05, 0.1) is 0 Å². The van der Waals surface area contributed by atoms with Crippen LogP contribution in [0.4, 0.5) is 0 Å². The number of hydrogen-bond donors (Lipinski definition) is 0. The standard InChI is InChI=1S/C19H21NO.C2H4/c21-19-11-12-20(15-17-9-5-2-6-10-17)18(14-19)13-16-7-3-1-4-8-16;1-2/h1-10,18H,11-15H2;1-2H2/t18-;/m1./s1. The van der Waals surface area contributed by atoms with Crippen LogP contribution in [0.5, 0.6) is 0 Å². The Balaban J connectivity index is 0.000000924. The second-order valence-electron chi connectivity index (χ2n) is 5.79. The third kappa shape index (κ3) is 5.19. The van der Waals surface area contributed by atoms with E-state index in [4.69, 9.17) is 0 Å². The van der Waals surface area contributed by atoms with Crippen molar-refractivity contribution in [3.05, 3.63) is 84.9 Å². The van der Waals surface area contributed by atoms with Crippen LogP contribution in [-0.4, -0.2) is 23.3 Å². The lowest BCUT2D eigenvalue weighted by Gasteiger charge is -2.35. The maximum Gasteiger partial charge on any atom is 0.135 e. The zero-order valence-electron chi connectivity index (χ0n) is 13.7. The van der Waals surface area contributed by atoms with E-state index < -0.39 is 0 Å². The molecule has 2 heteroatoms. The largest absolute Gasteiger partial charge is 0.300 e. The number of Topliss-reactive ketones (excluding diaryl/α,β-unsaturated/α-hetero) is 1. The second-order valence-corrected chi connectivity index (χ2v) is 5.79. The molecule has 0 spiro atoms. The normalized spacial score (nSPS) is 18.1. The highest BCUT2D eigenvalue weighted by Gasteiger charge is 2.26. The van der Waals surface area contributed by atoms with Crippen molar-refractivity contribution in [3.63, 3.8) is 0 Å². The molecule has 1 aliphatic heterocycles. The molecular formula is C21H25NO. The number of benzene rings is 2. The van der Waals surface area contributed by atoms with Crippen molar-refractivity contribution in [2.24, 2.45) is 0 Å². The molecule has 0 saturated carbocycles. The van der Waals surface area contributed by atoms with Crippen LogP contribution in [-0.2, 0) is 17.8 Å². The van der Waals surface area contributed by atoms with Gasteiger partial charge in [0, 0.05) is 32.0 Å². The predicted octanol–water partition coefficient (Wildman–Crippen LogP) is 4.27. The fourth-order valence-corrected chi connectivity index (χ4v) is 3.06. The van der Waals surface area contributed by atoms with E-state index in [1.165, 1.54) is 11.1 Å². The van der Waals surface area contributed by atoms with Crippen molar-refractivity contribution in [3.8, 4) is 0 Å². The lowest BCUT2D eigenvalue weighted by molar-refractivity contribution is -0.123. The lowest BCUT2D eigenvalue weighted by atomic mass is 9.94. The molecule has 1 fully saturated rings. The summed E-state index contributed by atoms with van der Waals surface area (Å²) in [6.45, 7) is 7.82. The summed E-state index contributed by atoms with van der Waals surface area (Å²) in [5.41, 5.74) is 2.64. The summed E-state index contributed by atoms with van der Waals surface area (Å²) in [5.74, 6) is 0.403. The average molecular weight is 307 g/mol. The van der Waals surface area contributed by atoms with E-state index in [0.29, 0.717) is 24.7 Å². The van der Waals surface area contributed by atoms with Gasteiger partial charge in [-0.05, 0) is 17.5 Å². The fraction of sp³-hybridized carbons (Fsp3) is 0.286. The van der Waals surface area contributed by atoms with Crippen LogP contribution in [0.1, 0.15) is 24.0 Å². The van der Waals surface area contributed by atoms with Crippen molar-refractivity contribution < 1.29 is 4.79 Å². The third-order valence-corrected chi connectivity index (χ3v) is 4.20. The number of carbonyl (C=O) groups is 1. The van der Waals surface area contributed by atoms with Gasteiger partial charge >= 0.3 is 0 Å². The van der Waals surface area contributed by atoms with E-state index >= 15 is 0 Å². The van der Waals surface area contributed by atoms with Gasteiger partial charge < -0.3 is 0 Å². The second kappa shape index (κ2) is 9.06. The first-order chi connectivity index (χ1) is 11.3. The number of nitrogens with zero attached hydrogens (tertiary/aromatic N) is 1. The molecule has 0 bridgehead atoms. The Morgan fingerprint density at radius 2 is 1.48 bits per heavy atom. The van der Waals surface area contributed by atoms with Crippen LogP contribution >= 0.6 is 0 Å². The summed E-state index contributed by atoms with van der Waals surface area (Å²) in [4.78, 5) is 14.3. The smallest absolute Gasteiger partial charge is 0.135 e. The molecule has 3 rings (SSSR count). The van der Waals surface area contributed by atoms with Crippen LogP contribution in [0.25, 0.3) is 0 Å². The summed E-state index contributed by atoms with van der Waals surface area (Å²) in [7, 11) is 0. The lowest BCUT2D eigenvalue weighted by Crippen LogP contribution is -2.43.